The van der Waals surface area contributed by atoms with Gasteiger partial charge in [0.25, 0.3) is 5.91 Å². The van der Waals surface area contributed by atoms with Gasteiger partial charge < -0.3 is 9.64 Å². The van der Waals surface area contributed by atoms with E-state index in [0.717, 1.165) is 5.56 Å². The Labute approximate surface area is 181 Å². The Hall–Kier alpha value is -1.80. The van der Waals surface area contributed by atoms with Crippen LogP contribution in [0.2, 0.25) is 10.0 Å². The van der Waals surface area contributed by atoms with Crippen LogP contribution in [0.4, 0.5) is 0 Å². The summed E-state index contributed by atoms with van der Waals surface area (Å²) in [6.45, 7) is 5.48. The van der Waals surface area contributed by atoms with E-state index < -0.39 is 15.6 Å². The van der Waals surface area contributed by atoms with Crippen molar-refractivity contribution in [2.45, 2.75) is 37.8 Å². The lowest BCUT2D eigenvalue weighted by molar-refractivity contribution is 0.0785. The number of carbonyl (C=O) groups is 1. The monoisotopic (exact) mass is 458 g/mol. The van der Waals surface area contributed by atoms with Crippen molar-refractivity contribution < 1.29 is 17.9 Å². The molecule has 158 valence electrons. The molecule has 0 heterocycles. The van der Waals surface area contributed by atoms with E-state index in [1.54, 1.807) is 46.0 Å². The van der Waals surface area contributed by atoms with Crippen LogP contribution >= 0.6 is 23.2 Å². The van der Waals surface area contributed by atoms with Crippen LogP contribution in [0.25, 0.3) is 0 Å². The summed E-state index contributed by atoms with van der Waals surface area (Å²) in [7, 11) is -0.890. The second-order valence-corrected chi connectivity index (χ2v) is 10.1. The lowest BCUT2D eigenvalue weighted by atomic mass is 10.1. The fraction of sp³-hybridized carbons (Fsp3) is 0.350. The van der Waals surface area contributed by atoms with Crippen LogP contribution in [-0.2, 0) is 16.6 Å². The molecular formula is C20H24Cl2N2O4S. The Morgan fingerprint density at radius 3 is 2.31 bits per heavy atom. The van der Waals surface area contributed by atoms with E-state index >= 15 is 0 Å². The number of halogens is 2. The summed E-state index contributed by atoms with van der Waals surface area (Å²) in [6.07, 6.45) is 0. The molecule has 9 heteroatoms. The van der Waals surface area contributed by atoms with E-state index in [2.05, 4.69) is 4.72 Å². The van der Waals surface area contributed by atoms with Crippen LogP contribution in [0, 0.1) is 0 Å². The molecular weight excluding hydrogens is 435 g/mol. The fourth-order valence-electron chi connectivity index (χ4n) is 2.68. The highest BCUT2D eigenvalue weighted by Gasteiger charge is 2.27. The lowest BCUT2D eigenvalue weighted by Gasteiger charge is -2.22. The summed E-state index contributed by atoms with van der Waals surface area (Å²) >= 11 is 12.0. The molecule has 0 saturated heterocycles. The lowest BCUT2D eigenvalue weighted by Crippen LogP contribution is -2.40. The first-order valence-corrected chi connectivity index (χ1v) is 11.0. The normalized spacial score (nSPS) is 12.0. The fourth-order valence-corrected chi connectivity index (χ4v) is 4.62. The average molecular weight is 459 g/mol. The minimum Gasteiger partial charge on any atom is -0.495 e. The van der Waals surface area contributed by atoms with Crippen LogP contribution in [0.5, 0.6) is 5.75 Å². The largest absolute Gasteiger partial charge is 0.495 e. The number of hydrogen-bond donors (Lipinski definition) is 1. The summed E-state index contributed by atoms with van der Waals surface area (Å²) in [5.74, 6) is -0.184. The zero-order chi connectivity index (χ0) is 22.0. The Kier molecular flexibility index (Phi) is 7.22. The molecule has 0 spiro atoms. The third-order valence-electron chi connectivity index (χ3n) is 3.89. The van der Waals surface area contributed by atoms with Gasteiger partial charge in [-0.3, -0.25) is 4.79 Å². The van der Waals surface area contributed by atoms with Crippen molar-refractivity contribution >= 4 is 39.1 Å². The Morgan fingerprint density at radius 1 is 1.10 bits per heavy atom. The molecule has 0 fully saturated rings. The van der Waals surface area contributed by atoms with E-state index in [1.807, 2.05) is 0 Å². The van der Waals surface area contributed by atoms with E-state index in [1.165, 1.54) is 30.2 Å². The average Bonchev–Trinajstić information content (AvgIpc) is 2.61. The van der Waals surface area contributed by atoms with E-state index in [9.17, 15) is 13.2 Å². The predicted octanol–water partition coefficient (Wildman–Crippen LogP) is 4.35. The zero-order valence-corrected chi connectivity index (χ0v) is 19.2. The maximum Gasteiger partial charge on any atom is 0.253 e. The molecule has 6 nitrogen and oxygen atoms in total. The first kappa shape index (κ1) is 23.5. The number of amides is 1. The highest BCUT2D eigenvalue weighted by atomic mass is 35.5. The first-order valence-electron chi connectivity index (χ1n) is 8.75. The van der Waals surface area contributed by atoms with Gasteiger partial charge in [0, 0.05) is 24.7 Å². The number of hydrogen-bond acceptors (Lipinski definition) is 4. The van der Waals surface area contributed by atoms with Gasteiger partial charge in [0.05, 0.1) is 17.2 Å². The highest BCUT2D eigenvalue weighted by molar-refractivity contribution is 7.89. The summed E-state index contributed by atoms with van der Waals surface area (Å²) in [5, 5.41) is 0.830. The first-order chi connectivity index (χ1) is 13.3. The van der Waals surface area contributed by atoms with Crippen molar-refractivity contribution in [1.29, 1.82) is 0 Å². The number of carbonyl (C=O) groups excluding carboxylic acids is 1. The SMILES string of the molecule is COc1ccc(C(=O)N(C)Cc2ccc(Cl)c(Cl)c2)cc1S(=O)(=O)NC(C)(C)C. The maximum absolute atomic E-state index is 12.9. The van der Waals surface area contributed by atoms with Crippen LogP contribution in [0.15, 0.2) is 41.3 Å². The summed E-state index contributed by atoms with van der Waals surface area (Å²) in [6, 6.07) is 9.44. The van der Waals surface area contributed by atoms with Crippen molar-refractivity contribution in [2.24, 2.45) is 0 Å². The third-order valence-corrected chi connectivity index (χ3v) is 6.41. The summed E-state index contributed by atoms with van der Waals surface area (Å²) < 4.78 is 33.3. The number of ether oxygens (including phenoxy) is 1. The molecule has 1 amide bonds. The molecule has 2 rings (SSSR count). The Bertz CT molecular complexity index is 1020. The molecule has 2 aromatic carbocycles. The molecule has 0 bridgehead atoms. The van der Waals surface area contributed by atoms with Gasteiger partial charge in [-0.1, -0.05) is 29.3 Å². The molecule has 0 radical (unpaired) electrons. The third kappa shape index (κ3) is 6.09. The molecule has 0 aromatic heterocycles. The van der Waals surface area contributed by atoms with Crippen molar-refractivity contribution in [3.05, 3.63) is 57.6 Å². The second kappa shape index (κ2) is 8.92. The van der Waals surface area contributed by atoms with Gasteiger partial charge in [0.1, 0.15) is 10.6 Å². The summed E-state index contributed by atoms with van der Waals surface area (Å²) in [4.78, 5) is 14.2. The molecule has 0 saturated carbocycles. The van der Waals surface area contributed by atoms with Gasteiger partial charge in [-0.15, -0.1) is 0 Å². The minimum atomic E-state index is -3.89. The molecule has 2 aromatic rings. The van der Waals surface area contributed by atoms with Crippen LogP contribution in [0.1, 0.15) is 36.7 Å². The zero-order valence-electron chi connectivity index (χ0n) is 16.9. The topological polar surface area (TPSA) is 75.7 Å². The maximum atomic E-state index is 12.9. The number of nitrogens with zero attached hydrogens (tertiary/aromatic N) is 1. The molecule has 0 unspecified atom stereocenters. The van der Waals surface area contributed by atoms with Gasteiger partial charge in [0.15, 0.2) is 0 Å². The number of benzene rings is 2. The van der Waals surface area contributed by atoms with E-state index in [0.29, 0.717) is 10.0 Å². The predicted molar refractivity (Wildman–Crippen MR) is 115 cm³/mol. The smallest absolute Gasteiger partial charge is 0.253 e. The number of nitrogens with one attached hydrogen (secondary N) is 1. The van der Waals surface area contributed by atoms with Crippen molar-refractivity contribution in [1.82, 2.24) is 9.62 Å². The van der Waals surface area contributed by atoms with Gasteiger partial charge in [-0.25, -0.2) is 13.1 Å². The number of rotatable bonds is 6. The van der Waals surface area contributed by atoms with Gasteiger partial charge in [-0.2, -0.15) is 0 Å². The van der Waals surface area contributed by atoms with Crippen LogP contribution < -0.4 is 9.46 Å². The Balaban J connectivity index is 2.34. The van der Waals surface area contributed by atoms with Gasteiger partial charge in [-0.05, 0) is 56.7 Å². The van der Waals surface area contributed by atoms with Gasteiger partial charge >= 0.3 is 0 Å². The number of sulfonamides is 1. The molecule has 29 heavy (non-hydrogen) atoms. The van der Waals surface area contributed by atoms with Crippen molar-refractivity contribution in [2.75, 3.05) is 14.2 Å². The van der Waals surface area contributed by atoms with E-state index in [4.69, 9.17) is 27.9 Å². The minimum absolute atomic E-state index is 0.0938. The summed E-state index contributed by atoms with van der Waals surface area (Å²) in [5.41, 5.74) is 0.336. The molecule has 1 N–H and O–H groups in total. The highest BCUT2D eigenvalue weighted by Crippen LogP contribution is 2.27. The quantitative estimate of drug-likeness (QED) is 0.697. The molecule has 0 aliphatic carbocycles. The van der Waals surface area contributed by atoms with E-state index in [-0.39, 0.29) is 28.7 Å². The Morgan fingerprint density at radius 2 is 1.76 bits per heavy atom. The number of methoxy groups -OCH3 is 1. The van der Waals surface area contributed by atoms with Crippen molar-refractivity contribution in [3.8, 4) is 5.75 Å². The second-order valence-electron chi connectivity index (χ2n) is 7.63. The van der Waals surface area contributed by atoms with Gasteiger partial charge in [0.2, 0.25) is 10.0 Å². The van der Waals surface area contributed by atoms with Crippen LogP contribution in [-0.4, -0.2) is 38.9 Å². The van der Waals surface area contributed by atoms with Crippen molar-refractivity contribution in [3.63, 3.8) is 0 Å². The molecule has 0 aliphatic rings. The molecule has 0 aliphatic heterocycles. The standard InChI is InChI=1S/C20H24Cl2N2O4S/c1-20(2,3)23-29(26,27)18-11-14(7-9-17(18)28-5)19(25)24(4)12-13-6-8-15(21)16(22)10-13/h6-11,23H,12H2,1-5H3. The molecule has 0 atom stereocenters. The van der Waals surface area contributed by atoms with Crippen LogP contribution in [0.3, 0.4) is 0 Å².